The lowest BCUT2D eigenvalue weighted by atomic mass is 9.92. The molecule has 0 spiro atoms. The minimum absolute atomic E-state index is 0.0725. The minimum Gasteiger partial charge on any atom is -0.351 e. The van der Waals surface area contributed by atoms with Gasteiger partial charge in [-0.2, -0.15) is 0 Å². The summed E-state index contributed by atoms with van der Waals surface area (Å²) in [5, 5.41) is 2.73. The molecule has 1 aromatic carbocycles. The summed E-state index contributed by atoms with van der Waals surface area (Å²) in [6, 6.07) is 4.58. The quantitative estimate of drug-likeness (QED) is 0.445. The number of thiazole rings is 1. The van der Waals surface area contributed by atoms with E-state index in [1.165, 1.54) is 29.9 Å². The number of nitrogens with zero attached hydrogens (tertiary/aromatic N) is 4. The van der Waals surface area contributed by atoms with Crippen molar-refractivity contribution in [3.63, 3.8) is 0 Å². The van der Waals surface area contributed by atoms with Gasteiger partial charge in [-0.3, -0.25) is 29.4 Å². The smallest absolute Gasteiger partial charge is 0.278 e. The van der Waals surface area contributed by atoms with Crippen LogP contribution in [0.2, 0.25) is 0 Å². The van der Waals surface area contributed by atoms with Crippen molar-refractivity contribution in [3.8, 4) is 10.4 Å². The van der Waals surface area contributed by atoms with Crippen molar-refractivity contribution < 1.29 is 22.8 Å². The van der Waals surface area contributed by atoms with E-state index in [2.05, 4.69) is 20.3 Å². The Labute approximate surface area is 208 Å². The van der Waals surface area contributed by atoms with Gasteiger partial charge in [0.05, 0.1) is 22.3 Å². The van der Waals surface area contributed by atoms with E-state index in [0.717, 1.165) is 15.3 Å². The maximum absolute atomic E-state index is 14.1. The molecule has 3 aromatic rings. The van der Waals surface area contributed by atoms with Crippen LogP contribution in [0, 0.1) is 0 Å². The van der Waals surface area contributed by atoms with Crippen LogP contribution >= 0.6 is 22.9 Å². The average Bonchev–Trinajstić information content (AvgIpc) is 3.39. The van der Waals surface area contributed by atoms with Gasteiger partial charge in [-0.15, -0.1) is 11.3 Å². The Balaban J connectivity index is 1.68. The number of aromatic nitrogens is 3. The van der Waals surface area contributed by atoms with Gasteiger partial charge in [0.1, 0.15) is 0 Å². The lowest BCUT2D eigenvalue weighted by Crippen LogP contribution is -2.49. The number of nitrogens with one attached hydrogen (secondary N) is 1. The molecule has 2 atom stereocenters. The summed E-state index contributed by atoms with van der Waals surface area (Å²) in [5.74, 6) is -4.64. The molecule has 0 radical (unpaired) electrons. The molecule has 1 aliphatic rings. The van der Waals surface area contributed by atoms with Gasteiger partial charge in [0.25, 0.3) is 11.5 Å². The van der Waals surface area contributed by atoms with Crippen LogP contribution in [0.1, 0.15) is 37.4 Å². The summed E-state index contributed by atoms with van der Waals surface area (Å²) in [6.07, 6.45) is 5.12. The van der Waals surface area contributed by atoms with Crippen molar-refractivity contribution in [1.82, 2.24) is 20.3 Å². The Kier molecular flexibility index (Phi) is 7.66. The van der Waals surface area contributed by atoms with Crippen LogP contribution in [0.25, 0.3) is 10.4 Å². The normalized spacial score (nSPS) is 17.4. The monoisotopic (exact) mass is 523 g/mol. The first-order valence-electron chi connectivity index (χ1n) is 10.8. The molecule has 0 aliphatic heterocycles. The molecule has 0 bridgehead atoms. The first-order valence-corrected chi connectivity index (χ1v) is 12.1. The van der Waals surface area contributed by atoms with Gasteiger partial charge in [-0.25, -0.2) is 13.2 Å². The Hall–Kier alpha value is -3.05. The second-order valence-electron chi connectivity index (χ2n) is 8.09. The summed E-state index contributed by atoms with van der Waals surface area (Å²) in [6.45, 7) is 0. The van der Waals surface area contributed by atoms with E-state index in [0.29, 0.717) is 0 Å². The molecular weight excluding hydrogens is 503 g/mol. The van der Waals surface area contributed by atoms with E-state index in [4.69, 9.17) is 11.6 Å². The van der Waals surface area contributed by atoms with Gasteiger partial charge in [-0.1, -0.05) is 23.7 Å². The fourth-order valence-corrected chi connectivity index (χ4v) is 4.69. The van der Waals surface area contributed by atoms with Crippen molar-refractivity contribution in [2.45, 2.75) is 49.3 Å². The highest BCUT2D eigenvalue weighted by Gasteiger charge is 2.40. The Morgan fingerprint density at radius 2 is 1.83 bits per heavy atom. The highest BCUT2D eigenvalue weighted by molar-refractivity contribution is 7.13. The maximum atomic E-state index is 14.1. The van der Waals surface area contributed by atoms with Crippen LogP contribution < -0.4 is 10.2 Å². The van der Waals surface area contributed by atoms with Gasteiger partial charge in [0.2, 0.25) is 11.8 Å². The standard InChI is InChI=1S/C23H21ClF3N5O2S/c24-20(25)22(34)32(16-3-1-14(2-4-16)18-12-29-13-35-18)19(17-11-28-9-10-30-17)21(33)31-15-5-7-23(26,27)8-6-15/h1-4,9-13,15,19-20H,5-8H2,(H,31,33)/t19?,20-/m0/s1. The molecule has 0 saturated heterocycles. The lowest BCUT2D eigenvalue weighted by Gasteiger charge is -2.34. The molecule has 35 heavy (non-hydrogen) atoms. The van der Waals surface area contributed by atoms with Crippen LogP contribution in [-0.4, -0.2) is 44.4 Å². The second-order valence-corrected chi connectivity index (χ2v) is 9.36. The van der Waals surface area contributed by atoms with E-state index in [-0.39, 0.29) is 37.1 Å². The van der Waals surface area contributed by atoms with Crippen molar-refractivity contribution in [2.24, 2.45) is 0 Å². The molecule has 12 heteroatoms. The van der Waals surface area contributed by atoms with Crippen LogP contribution in [0.4, 0.5) is 18.9 Å². The summed E-state index contributed by atoms with van der Waals surface area (Å²) < 4.78 is 41.3. The minimum atomic E-state index is -2.77. The van der Waals surface area contributed by atoms with Gasteiger partial charge in [0, 0.05) is 43.2 Å². The van der Waals surface area contributed by atoms with Crippen LogP contribution in [0.3, 0.4) is 0 Å². The fraction of sp³-hybridized carbons (Fsp3) is 0.348. The van der Waals surface area contributed by atoms with E-state index in [1.54, 1.807) is 36.0 Å². The third-order valence-electron chi connectivity index (χ3n) is 5.72. The van der Waals surface area contributed by atoms with Crippen molar-refractivity contribution in [1.29, 1.82) is 0 Å². The number of halogens is 4. The van der Waals surface area contributed by atoms with Crippen molar-refractivity contribution >= 4 is 40.4 Å². The van der Waals surface area contributed by atoms with E-state index >= 15 is 0 Å². The third-order valence-corrected chi connectivity index (χ3v) is 6.73. The predicted molar refractivity (Wildman–Crippen MR) is 126 cm³/mol. The molecule has 2 aromatic heterocycles. The zero-order chi connectivity index (χ0) is 25.0. The van der Waals surface area contributed by atoms with Gasteiger partial charge in [0.15, 0.2) is 6.04 Å². The highest BCUT2D eigenvalue weighted by atomic mass is 35.5. The summed E-state index contributed by atoms with van der Waals surface area (Å²) in [4.78, 5) is 40.3. The summed E-state index contributed by atoms with van der Waals surface area (Å²) >= 11 is 6.95. The number of carbonyl (C=O) groups excluding carboxylic acids is 2. The second kappa shape index (κ2) is 10.7. The van der Waals surface area contributed by atoms with Crippen LogP contribution in [0.15, 0.2) is 54.6 Å². The molecule has 7 nitrogen and oxygen atoms in total. The molecular formula is C23H21ClF3N5O2S. The zero-order valence-electron chi connectivity index (χ0n) is 18.3. The average molecular weight is 524 g/mol. The topological polar surface area (TPSA) is 88.1 Å². The lowest BCUT2D eigenvalue weighted by molar-refractivity contribution is -0.128. The Morgan fingerprint density at radius 3 is 2.40 bits per heavy atom. The fourth-order valence-electron chi connectivity index (χ4n) is 3.95. The van der Waals surface area contributed by atoms with Crippen molar-refractivity contribution in [2.75, 3.05) is 4.90 Å². The molecule has 1 fully saturated rings. The number of carbonyl (C=O) groups is 2. The summed E-state index contributed by atoms with van der Waals surface area (Å²) in [5.41, 5.74) is 0.331. The predicted octanol–water partition coefficient (Wildman–Crippen LogP) is 4.90. The van der Waals surface area contributed by atoms with Gasteiger partial charge in [-0.05, 0) is 30.5 Å². The SMILES string of the molecule is O=C(NC1CCC(F)(F)CC1)C(c1cnccn1)N(C(=O)[C@H](F)Cl)c1ccc(-c2cncs2)cc1. The maximum Gasteiger partial charge on any atom is 0.278 e. The molecule has 4 rings (SSSR count). The van der Waals surface area contributed by atoms with E-state index in [9.17, 15) is 22.8 Å². The highest BCUT2D eigenvalue weighted by Crippen LogP contribution is 2.35. The largest absolute Gasteiger partial charge is 0.351 e. The molecule has 1 unspecified atom stereocenters. The zero-order valence-corrected chi connectivity index (χ0v) is 19.9. The summed E-state index contributed by atoms with van der Waals surface area (Å²) in [7, 11) is 0. The number of rotatable bonds is 7. The number of alkyl halides is 4. The number of amides is 2. The Bertz CT molecular complexity index is 1140. The van der Waals surface area contributed by atoms with Gasteiger partial charge < -0.3 is 5.32 Å². The van der Waals surface area contributed by atoms with Gasteiger partial charge >= 0.3 is 0 Å². The van der Waals surface area contributed by atoms with E-state index < -0.39 is 35.5 Å². The number of benzene rings is 1. The number of hydrogen-bond donors (Lipinski definition) is 1. The number of hydrogen-bond acceptors (Lipinski definition) is 6. The number of anilines is 1. The molecule has 1 saturated carbocycles. The molecule has 184 valence electrons. The third kappa shape index (κ3) is 5.96. The molecule has 2 heterocycles. The Morgan fingerprint density at radius 1 is 1.11 bits per heavy atom. The molecule has 2 amide bonds. The first kappa shape index (κ1) is 25.1. The van der Waals surface area contributed by atoms with Crippen LogP contribution in [0.5, 0.6) is 0 Å². The van der Waals surface area contributed by atoms with E-state index in [1.807, 2.05) is 0 Å². The first-order chi connectivity index (χ1) is 16.7. The molecule has 1 N–H and O–H groups in total. The molecule has 1 aliphatic carbocycles. The van der Waals surface area contributed by atoms with Crippen molar-refractivity contribution in [3.05, 3.63) is 60.3 Å². The van der Waals surface area contributed by atoms with Crippen LogP contribution in [-0.2, 0) is 9.59 Å².